The fourth-order valence-corrected chi connectivity index (χ4v) is 2.85. The fraction of sp³-hybridized carbons (Fsp3) is 0.526. The van der Waals surface area contributed by atoms with Crippen LogP contribution in [0, 0.1) is 11.3 Å². The summed E-state index contributed by atoms with van der Waals surface area (Å²) in [6.07, 6.45) is 3.60. The molecular formula is C19H28N2O2. The lowest BCUT2D eigenvalue weighted by Gasteiger charge is -2.25. The van der Waals surface area contributed by atoms with E-state index in [-0.39, 0.29) is 5.41 Å². The molecule has 1 amide bonds. The Morgan fingerprint density at radius 1 is 1.30 bits per heavy atom. The first kappa shape index (κ1) is 17.5. The molecule has 1 aromatic carbocycles. The van der Waals surface area contributed by atoms with Gasteiger partial charge in [0.05, 0.1) is 0 Å². The van der Waals surface area contributed by atoms with Crippen LogP contribution in [-0.4, -0.2) is 30.3 Å². The summed E-state index contributed by atoms with van der Waals surface area (Å²) in [6, 6.07) is 11.0. The van der Waals surface area contributed by atoms with E-state index < -0.39 is 6.09 Å². The number of rotatable bonds is 8. The van der Waals surface area contributed by atoms with Crippen molar-refractivity contribution in [3.8, 4) is 0 Å². The van der Waals surface area contributed by atoms with Crippen molar-refractivity contribution in [3.05, 3.63) is 41.5 Å². The predicted molar refractivity (Wildman–Crippen MR) is 94.4 cm³/mol. The van der Waals surface area contributed by atoms with Crippen LogP contribution in [0.1, 0.15) is 39.2 Å². The molecule has 23 heavy (non-hydrogen) atoms. The highest BCUT2D eigenvalue weighted by molar-refractivity contribution is 5.64. The Morgan fingerprint density at radius 2 is 2.00 bits per heavy atom. The van der Waals surface area contributed by atoms with Gasteiger partial charge in [0, 0.05) is 19.1 Å². The zero-order chi connectivity index (χ0) is 16.9. The van der Waals surface area contributed by atoms with Crippen molar-refractivity contribution in [1.29, 1.82) is 0 Å². The summed E-state index contributed by atoms with van der Waals surface area (Å²) >= 11 is 0. The second kappa shape index (κ2) is 7.64. The van der Waals surface area contributed by atoms with Gasteiger partial charge >= 0.3 is 6.09 Å². The Hall–Kier alpha value is -1.81. The third-order valence-corrected chi connectivity index (χ3v) is 4.39. The van der Waals surface area contributed by atoms with E-state index in [1.807, 2.05) is 6.07 Å². The van der Waals surface area contributed by atoms with Gasteiger partial charge in [-0.3, -0.25) is 0 Å². The van der Waals surface area contributed by atoms with Crippen LogP contribution < -0.4 is 10.6 Å². The topological polar surface area (TPSA) is 61.4 Å². The van der Waals surface area contributed by atoms with Gasteiger partial charge in [0.15, 0.2) is 0 Å². The highest BCUT2D eigenvalue weighted by Crippen LogP contribution is 2.40. The summed E-state index contributed by atoms with van der Waals surface area (Å²) in [4.78, 5) is 10.6. The van der Waals surface area contributed by atoms with Crippen LogP contribution in [0.2, 0.25) is 0 Å². The highest BCUT2D eigenvalue weighted by atomic mass is 16.4. The van der Waals surface area contributed by atoms with Gasteiger partial charge in [0.25, 0.3) is 0 Å². The molecule has 0 saturated heterocycles. The lowest BCUT2D eigenvalue weighted by Crippen LogP contribution is -2.40. The molecule has 0 spiro atoms. The molecule has 2 atom stereocenters. The quantitative estimate of drug-likeness (QED) is 0.684. The van der Waals surface area contributed by atoms with E-state index in [2.05, 4.69) is 61.7 Å². The summed E-state index contributed by atoms with van der Waals surface area (Å²) in [6.45, 7) is 7.65. The van der Waals surface area contributed by atoms with Gasteiger partial charge < -0.3 is 15.7 Å². The van der Waals surface area contributed by atoms with Crippen LogP contribution in [0.5, 0.6) is 0 Å². The van der Waals surface area contributed by atoms with Gasteiger partial charge in [-0.15, -0.1) is 0 Å². The molecule has 0 aromatic heterocycles. The van der Waals surface area contributed by atoms with Crippen molar-refractivity contribution in [2.45, 2.75) is 39.7 Å². The molecule has 0 unspecified atom stereocenters. The van der Waals surface area contributed by atoms with Crippen molar-refractivity contribution in [2.24, 2.45) is 11.3 Å². The third-order valence-electron chi connectivity index (χ3n) is 4.39. The minimum absolute atomic E-state index is 0.0823. The van der Waals surface area contributed by atoms with Gasteiger partial charge in [-0.2, -0.15) is 0 Å². The molecule has 1 aromatic rings. The Kier molecular flexibility index (Phi) is 5.83. The molecular weight excluding hydrogens is 288 g/mol. The lowest BCUT2D eigenvalue weighted by atomic mass is 9.93. The van der Waals surface area contributed by atoms with E-state index in [1.54, 1.807) is 0 Å². The summed E-state index contributed by atoms with van der Waals surface area (Å²) in [5, 5.41) is 14.8. The molecule has 0 heterocycles. The van der Waals surface area contributed by atoms with Gasteiger partial charge in [0.1, 0.15) is 0 Å². The van der Waals surface area contributed by atoms with Crippen LogP contribution in [0.4, 0.5) is 4.79 Å². The van der Waals surface area contributed by atoms with Crippen molar-refractivity contribution < 1.29 is 9.90 Å². The number of nitrogens with one attached hydrogen (secondary N) is 2. The second-order valence-electron chi connectivity index (χ2n) is 7.14. The molecule has 0 radical (unpaired) electrons. The Morgan fingerprint density at radius 3 is 2.61 bits per heavy atom. The van der Waals surface area contributed by atoms with E-state index in [0.717, 1.165) is 13.0 Å². The number of benzene rings is 1. The molecule has 3 N–H and O–H groups in total. The predicted octanol–water partition coefficient (Wildman–Crippen LogP) is 3.75. The Balaban J connectivity index is 1.84. The van der Waals surface area contributed by atoms with Gasteiger partial charge in [-0.25, -0.2) is 4.79 Å². The molecule has 126 valence electrons. The number of amides is 1. The van der Waals surface area contributed by atoms with E-state index in [4.69, 9.17) is 5.11 Å². The first-order chi connectivity index (χ1) is 10.9. The van der Waals surface area contributed by atoms with Crippen molar-refractivity contribution in [1.82, 2.24) is 10.6 Å². The molecule has 1 aliphatic rings. The largest absolute Gasteiger partial charge is 0.465 e. The van der Waals surface area contributed by atoms with E-state index in [1.165, 1.54) is 17.6 Å². The van der Waals surface area contributed by atoms with Gasteiger partial charge in [0.2, 0.25) is 0 Å². The average molecular weight is 316 g/mol. The SMILES string of the molecule is CCC(=Cc1ccccc1)[C@@H]1C[C@H]1NCC(C)(C)CNC(=O)O. The molecule has 2 rings (SSSR count). The number of carboxylic acid groups (broad SMARTS) is 1. The summed E-state index contributed by atoms with van der Waals surface area (Å²) in [5.74, 6) is 0.614. The van der Waals surface area contributed by atoms with Gasteiger partial charge in [-0.1, -0.05) is 62.8 Å². The summed E-state index contributed by atoms with van der Waals surface area (Å²) in [7, 11) is 0. The highest BCUT2D eigenvalue weighted by Gasteiger charge is 2.39. The number of hydrogen-bond donors (Lipinski definition) is 3. The van der Waals surface area contributed by atoms with Crippen molar-refractivity contribution in [2.75, 3.05) is 13.1 Å². The number of hydrogen-bond acceptors (Lipinski definition) is 2. The van der Waals surface area contributed by atoms with Crippen LogP contribution in [0.25, 0.3) is 6.08 Å². The fourth-order valence-electron chi connectivity index (χ4n) is 2.85. The zero-order valence-electron chi connectivity index (χ0n) is 14.3. The van der Waals surface area contributed by atoms with E-state index >= 15 is 0 Å². The molecule has 0 bridgehead atoms. The summed E-state index contributed by atoms with van der Waals surface area (Å²) in [5.41, 5.74) is 2.68. The zero-order valence-corrected chi connectivity index (χ0v) is 14.3. The normalized spacial score (nSPS) is 21.1. The maximum atomic E-state index is 10.6. The van der Waals surface area contributed by atoms with Crippen molar-refractivity contribution >= 4 is 12.2 Å². The molecule has 4 heteroatoms. The molecule has 4 nitrogen and oxygen atoms in total. The third kappa shape index (κ3) is 5.71. The van der Waals surface area contributed by atoms with Crippen LogP contribution in [0.3, 0.4) is 0 Å². The smallest absolute Gasteiger partial charge is 0.404 e. The van der Waals surface area contributed by atoms with E-state index in [9.17, 15) is 4.79 Å². The Labute approximate surface area is 139 Å². The van der Waals surface area contributed by atoms with Gasteiger partial charge in [-0.05, 0) is 29.7 Å². The van der Waals surface area contributed by atoms with Crippen LogP contribution >= 0.6 is 0 Å². The minimum atomic E-state index is -0.957. The molecule has 1 saturated carbocycles. The molecule has 0 aliphatic heterocycles. The maximum Gasteiger partial charge on any atom is 0.404 e. The first-order valence-corrected chi connectivity index (χ1v) is 8.37. The molecule has 1 fully saturated rings. The van der Waals surface area contributed by atoms with E-state index in [0.29, 0.717) is 18.5 Å². The average Bonchev–Trinajstić information content (AvgIpc) is 3.29. The second-order valence-corrected chi connectivity index (χ2v) is 7.14. The van der Waals surface area contributed by atoms with Crippen LogP contribution in [0.15, 0.2) is 35.9 Å². The first-order valence-electron chi connectivity index (χ1n) is 8.37. The minimum Gasteiger partial charge on any atom is -0.465 e. The summed E-state index contributed by atoms with van der Waals surface area (Å²) < 4.78 is 0. The standard InChI is InChI=1S/C19H28N2O2/c1-4-15(10-14-8-6-5-7-9-14)16-11-17(16)20-12-19(2,3)13-21-18(22)23/h5-10,16-17,20-21H,4,11-13H2,1-3H3,(H,22,23)/t16-,17+/m0/s1. The number of carbonyl (C=O) groups is 1. The van der Waals surface area contributed by atoms with Crippen molar-refractivity contribution in [3.63, 3.8) is 0 Å². The monoisotopic (exact) mass is 316 g/mol. The Bertz CT molecular complexity index is 552. The molecule has 1 aliphatic carbocycles. The van der Waals surface area contributed by atoms with Crippen LogP contribution in [-0.2, 0) is 0 Å². The maximum absolute atomic E-state index is 10.6. The lowest BCUT2D eigenvalue weighted by molar-refractivity contribution is 0.187.